The molecule has 1 rings (SSSR count). The van der Waals surface area contributed by atoms with Crippen molar-refractivity contribution in [1.29, 1.82) is 0 Å². The molecule has 0 aliphatic rings. The summed E-state index contributed by atoms with van der Waals surface area (Å²) in [5, 5.41) is 27.4. The second kappa shape index (κ2) is 6.79. The van der Waals surface area contributed by atoms with Gasteiger partial charge in [-0.1, -0.05) is 0 Å². The number of benzene rings is 1. The predicted molar refractivity (Wildman–Crippen MR) is 73.2 cm³/mol. The molecule has 1 aromatic carbocycles. The van der Waals surface area contributed by atoms with Gasteiger partial charge in [0.1, 0.15) is 11.5 Å². The van der Waals surface area contributed by atoms with Crippen LogP contribution in [0.1, 0.15) is 12.0 Å². The van der Waals surface area contributed by atoms with E-state index in [1.54, 1.807) is 6.07 Å². The molecule has 0 aromatic heterocycles. The van der Waals surface area contributed by atoms with Crippen LogP contribution >= 0.6 is 0 Å². The van der Waals surface area contributed by atoms with Crippen LogP contribution in [0, 0.1) is 5.41 Å². The molecule has 8 nitrogen and oxygen atoms in total. The number of aliphatic carboxylic acids is 3. The van der Waals surface area contributed by atoms with Gasteiger partial charge in [0.2, 0.25) is 0 Å². The Labute approximate surface area is 125 Å². The van der Waals surface area contributed by atoms with Crippen LogP contribution in [0.3, 0.4) is 0 Å². The van der Waals surface area contributed by atoms with Crippen LogP contribution in [0.25, 0.3) is 0 Å². The Kier molecular flexibility index (Phi) is 5.33. The first-order valence-corrected chi connectivity index (χ1v) is 6.16. The lowest BCUT2D eigenvalue weighted by molar-refractivity contribution is -0.169. The third kappa shape index (κ3) is 3.46. The fourth-order valence-electron chi connectivity index (χ4n) is 2.06. The van der Waals surface area contributed by atoms with Crippen molar-refractivity contribution in [2.75, 3.05) is 14.2 Å². The summed E-state index contributed by atoms with van der Waals surface area (Å²) < 4.78 is 10.1. The third-order valence-electron chi connectivity index (χ3n) is 3.25. The molecule has 0 heterocycles. The summed E-state index contributed by atoms with van der Waals surface area (Å²) in [5.41, 5.74) is -2.27. The summed E-state index contributed by atoms with van der Waals surface area (Å²) in [6.07, 6.45) is -1.61. The lowest BCUT2D eigenvalue weighted by Crippen LogP contribution is -2.43. The maximum Gasteiger partial charge on any atom is 0.322 e. The molecule has 0 bridgehead atoms. The van der Waals surface area contributed by atoms with Crippen LogP contribution in [-0.4, -0.2) is 47.4 Å². The van der Waals surface area contributed by atoms with Crippen LogP contribution in [0.15, 0.2) is 18.2 Å². The second-order valence-electron chi connectivity index (χ2n) is 4.62. The van der Waals surface area contributed by atoms with Crippen molar-refractivity contribution in [2.45, 2.75) is 12.8 Å². The van der Waals surface area contributed by atoms with Crippen molar-refractivity contribution in [1.82, 2.24) is 0 Å². The van der Waals surface area contributed by atoms with Crippen LogP contribution in [0.5, 0.6) is 11.5 Å². The van der Waals surface area contributed by atoms with Crippen molar-refractivity contribution in [3.05, 3.63) is 23.8 Å². The number of carboxylic acid groups (broad SMARTS) is 3. The van der Waals surface area contributed by atoms with E-state index in [4.69, 9.17) is 14.6 Å². The first-order valence-electron chi connectivity index (χ1n) is 6.16. The molecule has 0 saturated heterocycles. The molecule has 120 valence electrons. The highest BCUT2D eigenvalue weighted by atomic mass is 16.5. The summed E-state index contributed by atoms with van der Waals surface area (Å²) in [6.45, 7) is 0. The van der Waals surface area contributed by atoms with Gasteiger partial charge in [0.15, 0.2) is 5.41 Å². The topological polar surface area (TPSA) is 130 Å². The normalized spacial score (nSPS) is 10.8. The number of hydrogen-bond donors (Lipinski definition) is 3. The molecule has 0 aliphatic carbocycles. The molecule has 0 spiro atoms. The zero-order chi connectivity index (χ0) is 16.9. The van der Waals surface area contributed by atoms with E-state index in [0.29, 0.717) is 5.75 Å². The maximum atomic E-state index is 11.4. The van der Waals surface area contributed by atoms with Gasteiger partial charge in [-0.3, -0.25) is 14.4 Å². The van der Waals surface area contributed by atoms with Gasteiger partial charge in [-0.25, -0.2) is 0 Å². The molecule has 0 unspecified atom stereocenters. The second-order valence-corrected chi connectivity index (χ2v) is 4.62. The number of hydrogen-bond acceptors (Lipinski definition) is 5. The SMILES string of the molecule is COc1ccc(OC)c(CC(CC(=O)O)(C(=O)O)C(=O)O)c1. The van der Waals surface area contributed by atoms with Crippen LogP contribution < -0.4 is 9.47 Å². The summed E-state index contributed by atoms with van der Waals surface area (Å²) in [7, 11) is 2.73. The molecule has 0 radical (unpaired) electrons. The van der Waals surface area contributed by atoms with Crippen LogP contribution in [0.2, 0.25) is 0 Å². The van der Waals surface area contributed by atoms with E-state index in [-0.39, 0.29) is 11.3 Å². The molecule has 22 heavy (non-hydrogen) atoms. The van der Waals surface area contributed by atoms with Gasteiger partial charge >= 0.3 is 17.9 Å². The molecule has 3 N–H and O–H groups in total. The van der Waals surface area contributed by atoms with Gasteiger partial charge in [0.05, 0.1) is 20.6 Å². The molecule has 0 fully saturated rings. The molecular formula is C14H16O8. The first kappa shape index (κ1) is 17.3. The monoisotopic (exact) mass is 312 g/mol. The fourth-order valence-corrected chi connectivity index (χ4v) is 2.06. The predicted octanol–water partition coefficient (Wildman–Crippen LogP) is 0.877. The Morgan fingerprint density at radius 2 is 1.64 bits per heavy atom. The van der Waals surface area contributed by atoms with E-state index >= 15 is 0 Å². The van der Waals surface area contributed by atoms with E-state index in [1.807, 2.05) is 0 Å². The largest absolute Gasteiger partial charge is 0.497 e. The van der Waals surface area contributed by atoms with E-state index in [0.717, 1.165) is 0 Å². The lowest BCUT2D eigenvalue weighted by atomic mass is 9.78. The molecule has 1 aromatic rings. The number of ether oxygens (including phenoxy) is 2. The molecule has 8 heteroatoms. The van der Waals surface area contributed by atoms with Crippen molar-refractivity contribution in [2.24, 2.45) is 5.41 Å². The molecule has 0 amide bonds. The zero-order valence-corrected chi connectivity index (χ0v) is 12.0. The molecular weight excluding hydrogens is 296 g/mol. The Hall–Kier alpha value is -2.77. The van der Waals surface area contributed by atoms with Crippen molar-refractivity contribution in [3.8, 4) is 11.5 Å². The Balaban J connectivity index is 3.38. The minimum Gasteiger partial charge on any atom is -0.497 e. The quantitative estimate of drug-likeness (QED) is 0.603. The van der Waals surface area contributed by atoms with E-state index < -0.39 is 36.2 Å². The van der Waals surface area contributed by atoms with Crippen molar-refractivity contribution in [3.63, 3.8) is 0 Å². The van der Waals surface area contributed by atoms with Gasteiger partial charge in [-0.2, -0.15) is 0 Å². The number of carboxylic acids is 3. The van der Waals surface area contributed by atoms with Gasteiger partial charge in [-0.15, -0.1) is 0 Å². The van der Waals surface area contributed by atoms with E-state index in [9.17, 15) is 24.6 Å². The lowest BCUT2D eigenvalue weighted by Gasteiger charge is -2.24. The van der Waals surface area contributed by atoms with Gasteiger partial charge < -0.3 is 24.8 Å². The number of rotatable bonds is 8. The smallest absolute Gasteiger partial charge is 0.322 e. The zero-order valence-electron chi connectivity index (χ0n) is 12.0. The summed E-state index contributed by atoms with van der Waals surface area (Å²) in [6, 6.07) is 4.47. The fraction of sp³-hybridized carbons (Fsp3) is 0.357. The average molecular weight is 312 g/mol. The van der Waals surface area contributed by atoms with Crippen LogP contribution in [-0.2, 0) is 20.8 Å². The highest BCUT2D eigenvalue weighted by Crippen LogP contribution is 2.34. The third-order valence-corrected chi connectivity index (χ3v) is 3.25. The summed E-state index contributed by atoms with van der Waals surface area (Å²) >= 11 is 0. The van der Waals surface area contributed by atoms with E-state index in [2.05, 4.69) is 0 Å². The van der Waals surface area contributed by atoms with Gasteiger partial charge in [0, 0.05) is 6.42 Å². The summed E-state index contributed by atoms with van der Waals surface area (Å²) in [4.78, 5) is 33.8. The standard InChI is InChI=1S/C14H16O8/c1-21-9-3-4-10(22-2)8(5-9)6-14(12(17)18,13(19)20)7-11(15)16/h3-5H,6-7H2,1-2H3,(H,15,16)(H,17,18)(H,19,20). The molecule has 0 aliphatic heterocycles. The minimum atomic E-state index is -2.49. The Morgan fingerprint density at radius 1 is 1.05 bits per heavy atom. The Morgan fingerprint density at radius 3 is 2.05 bits per heavy atom. The van der Waals surface area contributed by atoms with Crippen molar-refractivity contribution >= 4 is 17.9 Å². The average Bonchev–Trinajstić information content (AvgIpc) is 2.45. The highest BCUT2D eigenvalue weighted by Gasteiger charge is 2.49. The van der Waals surface area contributed by atoms with Gasteiger partial charge in [0.25, 0.3) is 0 Å². The number of methoxy groups -OCH3 is 2. The maximum absolute atomic E-state index is 11.4. The number of carbonyl (C=O) groups is 3. The Bertz CT molecular complexity index is 579. The minimum absolute atomic E-state index is 0.230. The molecule has 0 atom stereocenters. The van der Waals surface area contributed by atoms with Gasteiger partial charge in [-0.05, 0) is 23.8 Å². The van der Waals surface area contributed by atoms with Crippen molar-refractivity contribution < 1.29 is 39.2 Å². The van der Waals surface area contributed by atoms with E-state index in [1.165, 1.54) is 26.4 Å². The molecule has 0 saturated carbocycles. The highest BCUT2D eigenvalue weighted by molar-refractivity contribution is 6.01. The first-order chi connectivity index (χ1) is 10.3. The van der Waals surface area contributed by atoms with Crippen LogP contribution in [0.4, 0.5) is 0 Å². The summed E-state index contributed by atoms with van der Waals surface area (Å²) in [5.74, 6) is -4.36.